The zero-order valence-corrected chi connectivity index (χ0v) is 7.80. The minimum atomic E-state index is -0.224. The molecule has 64 valence electrons. The van der Waals surface area contributed by atoms with Crippen LogP contribution >= 0.6 is 0 Å². The minimum absolute atomic E-state index is 0.224. The predicted octanol–water partition coefficient (Wildman–Crippen LogP) is 1.74. The van der Waals surface area contributed by atoms with Gasteiger partial charge in [0.05, 0.1) is 11.4 Å². The molecule has 1 amide bonds. The fourth-order valence-corrected chi connectivity index (χ4v) is 0.908. The van der Waals surface area contributed by atoms with Crippen molar-refractivity contribution >= 4 is 17.3 Å². The molecule has 1 heterocycles. The smallest absolute Gasteiger partial charge is 0.265 e. The Morgan fingerprint density at radius 3 is 2.08 bits per heavy atom. The fourth-order valence-electron chi connectivity index (χ4n) is 0.908. The van der Waals surface area contributed by atoms with E-state index in [1.165, 1.54) is 0 Å². The molecule has 1 rings (SSSR count). The molecular weight excluding hydrogens is 152 g/mol. The number of carbonyl (C=O) groups is 1. The zero-order valence-electron chi connectivity index (χ0n) is 7.80. The average molecular weight is 164 g/mol. The standard InChI is InChI=1S/C9H12N2O/c1-5(2)8-9(12)11-7(4)6(3)10-8/h1-4H3. The Labute approximate surface area is 71.9 Å². The predicted molar refractivity (Wildman–Crippen MR) is 49.6 cm³/mol. The van der Waals surface area contributed by atoms with E-state index in [-0.39, 0.29) is 5.91 Å². The molecule has 0 N–H and O–H groups in total. The first kappa shape index (κ1) is 8.84. The molecule has 0 radical (unpaired) electrons. The van der Waals surface area contributed by atoms with E-state index < -0.39 is 0 Å². The molecule has 3 heteroatoms. The molecule has 1 aliphatic heterocycles. The lowest BCUT2D eigenvalue weighted by molar-refractivity contribution is -0.114. The van der Waals surface area contributed by atoms with Crippen LogP contribution in [0.2, 0.25) is 0 Å². The maximum atomic E-state index is 11.2. The van der Waals surface area contributed by atoms with Gasteiger partial charge in [0.25, 0.3) is 5.91 Å². The van der Waals surface area contributed by atoms with Crippen molar-refractivity contribution in [1.29, 1.82) is 0 Å². The van der Waals surface area contributed by atoms with Gasteiger partial charge in [-0.1, -0.05) is 0 Å². The van der Waals surface area contributed by atoms with E-state index in [1.54, 1.807) is 6.92 Å². The quantitative estimate of drug-likeness (QED) is 0.503. The van der Waals surface area contributed by atoms with Gasteiger partial charge < -0.3 is 0 Å². The number of carbonyl (C=O) groups excluding carboxylic acids is 1. The maximum Gasteiger partial charge on any atom is 0.295 e. The van der Waals surface area contributed by atoms with Crippen molar-refractivity contribution in [3.05, 3.63) is 11.3 Å². The molecule has 3 nitrogen and oxygen atoms in total. The van der Waals surface area contributed by atoms with Crippen LogP contribution in [0.25, 0.3) is 0 Å². The van der Waals surface area contributed by atoms with E-state index in [4.69, 9.17) is 0 Å². The lowest BCUT2D eigenvalue weighted by Crippen LogP contribution is -2.17. The van der Waals surface area contributed by atoms with Gasteiger partial charge in [0.1, 0.15) is 5.70 Å². The van der Waals surface area contributed by atoms with E-state index in [0.29, 0.717) is 11.4 Å². The van der Waals surface area contributed by atoms with Crippen molar-refractivity contribution in [2.75, 3.05) is 0 Å². The molecule has 0 atom stereocenters. The highest BCUT2D eigenvalue weighted by atomic mass is 16.1. The summed E-state index contributed by atoms with van der Waals surface area (Å²) in [6, 6.07) is 0. The van der Waals surface area contributed by atoms with E-state index >= 15 is 0 Å². The van der Waals surface area contributed by atoms with Crippen LogP contribution in [0.1, 0.15) is 27.7 Å². The van der Waals surface area contributed by atoms with Crippen molar-refractivity contribution in [2.45, 2.75) is 27.7 Å². The van der Waals surface area contributed by atoms with Crippen LogP contribution < -0.4 is 0 Å². The van der Waals surface area contributed by atoms with Gasteiger partial charge in [0.15, 0.2) is 0 Å². The Morgan fingerprint density at radius 1 is 1.08 bits per heavy atom. The topological polar surface area (TPSA) is 41.8 Å². The third kappa shape index (κ3) is 1.49. The highest BCUT2D eigenvalue weighted by molar-refractivity contribution is 6.44. The van der Waals surface area contributed by atoms with E-state index in [0.717, 1.165) is 11.3 Å². The number of nitrogens with zero attached hydrogens (tertiary/aromatic N) is 2. The largest absolute Gasteiger partial charge is 0.295 e. The molecule has 0 unspecified atom stereocenters. The van der Waals surface area contributed by atoms with Crippen LogP contribution in [0, 0.1) is 0 Å². The van der Waals surface area contributed by atoms with Gasteiger partial charge in [0, 0.05) is 0 Å². The van der Waals surface area contributed by atoms with Gasteiger partial charge >= 0.3 is 0 Å². The Hall–Kier alpha value is -1.25. The molecular formula is C9H12N2O. The Morgan fingerprint density at radius 2 is 1.58 bits per heavy atom. The zero-order chi connectivity index (χ0) is 9.30. The average Bonchev–Trinajstić information content (AvgIpc) is 1.96. The number of hydrogen-bond donors (Lipinski definition) is 0. The number of allylic oxidation sites excluding steroid dienone is 1. The highest BCUT2D eigenvalue weighted by Crippen LogP contribution is 2.12. The number of amides is 1. The fraction of sp³-hybridized carbons (Fsp3) is 0.444. The molecule has 1 aliphatic rings. The second kappa shape index (κ2) is 3.01. The van der Waals surface area contributed by atoms with E-state index in [2.05, 4.69) is 9.98 Å². The second-order valence-electron chi connectivity index (χ2n) is 3.05. The van der Waals surface area contributed by atoms with Gasteiger partial charge in [-0.3, -0.25) is 4.79 Å². The van der Waals surface area contributed by atoms with Crippen molar-refractivity contribution in [3.63, 3.8) is 0 Å². The van der Waals surface area contributed by atoms with Gasteiger partial charge in [-0.15, -0.1) is 0 Å². The molecule has 0 fully saturated rings. The first-order valence-corrected chi connectivity index (χ1v) is 3.85. The normalized spacial score (nSPS) is 17.3. The molecule has 0 spiro atoms. The molecule has 0 aliphatic carbocycles. The van der Waals surface area contributed by atoms with Crippen LogP contribution in [-0.2, 0) is 4.79 Å². The number of aliphatic imine (C=N–C) groups is 2. The third-order valence-corrected chi connectivity index (χ3v) is 1.75. The van der Waals surface area contributed by atoms with Gasteiger partial charge in [-0.25, -0.2) is 9.98 Å². The maximum absolute atomic E-state index is 11.2. The first-order valence-electron chi connectivity index (χ1n) is 3.85. The molecule has 0 saturated heterocycles. The molecule has 0 aromatic heterocycles. The lowest BCUT2D eigenvalue weighted by atomic mass is 10.2. The summed E-state index contributed by atoms with van der Waals surface area (Å²) >= 11 is 0. The summed E-state index contributed by atoms with van der Waals surface area (Å²) in [5, 5.41) is 0. The van der Waals surface area contributed by atoms with E-state index in [9.17, 15) is 4.79 Å². The lowest BCUT2D eigenvalue weighted by Gasteiger charge is -2.08. The molecule has 0 aromatic carbocycles. The Bertz CT molecular complexity index is 317. The van der Waals surface area contributed by atoms with Gasteiger partial charge in [-0.2, -0.15) is 0 Å². The summed E-state index contributed by atoms with van der Waals surface area (Å²) in [6.45, 7) is 7.37. The van der Waals surface area contributed by atoms with Gasteiger partial charge in [0.2, 0.25) is 0 Å². The van der Waals surface area contributed by atoms with Crippen molar-refractivity contribution in [3.8, 4) is 0 Å². The van der Waals surface area contributed by atoms with Crippen LogP contribution in [0.3, 0.4) is 0 Å². The summed E-state index contributed by atoms with van der Waals surface area (Å²) in [5.41, 5.74) is 2.93. The third-order valence-electron chi connectivity index (χ3n) is 1.75. The first-order chi connectivity index (χ1) is 5.52. The summed E-state index contributed by atoms with van der Waals surface area (Å²) in [7, 11) is 0. The number of hydrogen-bond acceptors (Lipinski definition) is 2. The van der Waals surface area contributed by atoms with Crippen LogP contribution in [0.15, 0.2) is 21.3 Å². The summed E-state index contributed by atoms with van der Waals surface area (Å²) < 4.78 is 0. The molecule has 0 bridgehead atoms. The number of rotatable bonds is 0. The minimum Gasteiger partial charge on any atom is -0.265 e. The summed E-state index contributed by atoms with van der Waals surface area (Å²) in [4.78, 5) is 19.3. The molecule has 0 aromatic rings. The van der Waals surface area contributed by atoms with Crippen LogP contribution in [0.5, 0.6) is 0 Å². The summed E-state index contributed by atoms with van der Waals surface area (Å²) in [5.74, 6) is -0.224. The van der Waals surface area contributed by atoms with E-state index in [1.807, 2.05) is 20.8 Å². The molecule has 0 saturated carbocycles. The Balaban J connectivity index is 3.18. The second-order valence-corrected chi connectivity index (χ2v) is 3.05. The van der Waals surface area contributed by atoms with Crippen molar-refractivity contribution in [1.82, 2.24) is 0 Å². The van der Waals surface area contributed by atoms with Crippen LogP contribution in [0.4, 0.5) is 0 Å². The van der Waals surface area contributed by atoms with Crippen molar-refractivity contribution in [2.24, 2.45) is 9.98 Å². The SMILES string of the molecule is CC1=NC(=O)C(=C(C)C)N=C1C. The van der Waals surface area contributed by atoms with Crippen LogP contribution in [-0.4, -0.2) is 17.3 Å². The highest BCUT2D eigenvalue weighted by Gasteiger charge is 2.15. The Kier molecular flexibility index (Phi) is 2.22. The van der Waals surface area contributed by atoms with Crippen molar-refractivity contribution < 1.29 is 4.79 Å². The molecule has 12 heavy (non-hydrogen) atoms. The van der Waals surface area contributed by atoms with Gasteiger partial charge in [-0.05, 0) is 33.3 Å². The monoisotopic (exact) mass is 164 g/mol. The summed E-state index contributed by atoms with van der Waals surface area (Å²) in [6.07, 6.45) is 0.